The van der Waals surface area contributed by atoms with E-state index in [4.69, 9.17) is 4.74 Å². The number of imidazole rings is 1. The molecule has 7 nitrogen and oxygen atoms in total. The van der Waals surface area contributed by atoms with E-state index >= 15 is 0 Å². The Balaban J connectivity index is 2.16. The van der Waals surface area contributed by atoms with Crippen molar-refractivity contribution in [1.82, 2.24) is 19.9 Å². The largest absolute Gasteiger partial charge is 0.387 e. The maximum atomic E-state index is 12.2. The number of carbonyl (C=O) groups excluding carboxylic acids is 2. The minimum Gasteiger partial charge on any atom is -0.387 e. The summed E-state index contributed by atoms with van der Waals surface area (Å²) in [6, 6.07) is 7.44. The summed E-state index contributed by atoms with van der Waals surface area (Å²) in [4.78, 5) is 32.2. The van der Waals surface area contributed by atoms with Gasteiger partial charge in [-0.2, -0.15) is 0 Å². The highest BCUT2D eigenvalue weighted by Gasteiger charge is 2.21. The van der Waals surface area contributed by atoms with Crippen molar-refractivity contribution in [3.63, 3.8) is 0 Å². The van der Waals surface area contributed by atoms with Gasteiger partial charge in [-0.3, -0.25) is 4.79 Å². The molecule has 0 saturated heterocycles. The summed E-state index contributed by atoms with van der Waals surface area (Å²) in [5.74, 6) is -1.46. The van der Waals surface area contributed by atoms with Crippen LogP contribution in [0.4, 0.5) is 0 Å². The lowest BCUT2D eigenvalue weighted by Crippen LogP contribution is -2.24. The molecule has 0 bridgehead atoms. The number of likely N-dealkylation sites (N-methyl/N-ethyl adjacent to an activating group) is 1. The third-order valence-electron chi connectivity index (χ3n) is 3.27. The molecule has 1 aromatic carbocycles. The molecule has 7 heteroatoms. The van der Waals surface area contributed by atoms with Crippen molar-refractivity contribution < 1.29 is 14.3 Å². The molecule has 0 unspecified atom stereocenters. The lowest BCUT2D eigenvalue weighted by Gasteiger charge is -2.06. The van der Waals surface area contributed by atoms with Crippen molar-refractivity contribution in [2.24, 2.45) is 7.05 Å². The molecule has 0 aliphatic heterocycles. The lowest BCUT2D eigenvalue weighted by molar-refractivity contribution is -0.136. The standard InChI is InChI=1S/C15H14N4O3/c1-16-7-11(20)22-15(21)13-12-14(19(2)8-17-12)9-5-3-4-6-10(9)18-13/h3-6,8,16H,7H2,1-2H3. The van der Waals surface area contributed by atoms with Gasteiger partial charge in [-0.15, -0.1) is 0 Å². The Labute approximate surface area is 125 Å². The molecule has 0 aliphatic carbocycles. The molecule has 0 amide bonds. The highest BCUT2D eigenvalue weighted by molar-refractivity contribution is 6.11. The Morgan fingerprint density at radius 1 is 1.32 bits per heavy atom. The van der Waals surface area contributed by atoms with Crippen LogP contribution in [-0.2, 0) is 16.6 Å². The maximum absolute atomic E-state index is 12.2. The van der Waals surface area contributed by atoms with Gasteiger partial charge in [0.15, 0.2) is 5.69 Å². The average Bonchev–Trinajstić information content (AvgIpc) is 2.89. The van der Waals surface area contributed by atoms with Crippen LogP contribution in [0, 0.1) is 0 Å². The van der Waals surface area contributed by atoms with E-state index in [0.29, 0.717) is 11.0 Å². The predicted molar refractivity (Wildman–Crippen MR) is 80.4 cm³/mol. The van der Waals surface area contributed by atoms with Crippen LogP contribution in [0.25, 0.3) is 21.9 Å². The van der Waals surface area contributed by atoms with Crippen LogP contribution in [0.2, 0.25) is 0 Å². The number of rotatable bonds is 3. The molecule has 0 spiro atoms. The fourth-order valence-electron chi connectivity index (χ4n) is 2.34. The van der Waals surface area contributed by atoms with Crippen molar-refractivity contribution in [2.45, 2.75) is 0 Å². The van der Waals surface area contributed by atoms with E-state index in [9.17, 15) is 9.59 Å². The fraction of sp³-hybridized carbons (Fsp3) is 0.200. The Morgan fingerprint density at radius 2 is 2.09 bits per heavy atom. The first-order valence-corrected chi connectivity index (χ1v) is 6.71. The molecular weight excluding hydrogens is 284 g/mol. The van der Waals surface area contributed by atoms with Crippen molar-refractivity contribution in [3.8, 4) is 0 Å². The number of nitrogens with zero attached hydrogens (tertiary/aromatic N) is 3. The molecule has 0 aliphatic rings. The number of hydrogen-bond donors (Lipinski definition) is 1. The van der Waals surface area contributed by atoms with Gasteiger partial charge in [0.05, 0.1) is 23.9 Å². The van der Waals surface area contributed by atoms with Crippen LogP contribution in [0.3, 0.4) is 0 Å². The average molecular weight is 298 g/mol. The van der Waals surface area contributed by atoms with Crippen LogP contribution >= 0.6 is 0 Å². The van der Waals surface area contributed by atoms with Gasteiger partial charge in [-0.1, -0.05) is 18.2 Å². The Hall–Kier alpha value is -2.80. The summed E-state index contributed by atoms with van der Waals surface area (Å²) < 4.78 is 6.60. The number of carbonyl (C=O) groups is 2. The topological polar surface area (TPSA) is 86.1 Å². The summed E-state index contributed by atoms with van der Waals surface area (Å²) in [5, 5.41) is 3.51. The second-order valence-corrected chi connectivity index (χ2v) is 4.82. The van der Waals surface area contributed by atoms with Crippen molar-refractivity contribution in [1.29, 1.82) is 0 Å². The summed E-state index contributed by atoms with van der Waals surface area (Å²) >= 11 is 0. The summed E-state index contributed by atoms with van der Waals surface area (Å²) in [6.07, 6.45) is 1.60. The number of fused-ring (bicyclic) bond motifs is 3. The highest BCUT2D eigenvalue weighted by Crippen LogP contribution is 2.25. The van der Waals surface area contributed by atoms with Gasteiger partial charge in [0.2, 0.25) is 0 Å². The first kappa shape index (κ1) is 14.2. The Bertz CT molecular complexity index is 885. The Kier molecular flexibility index (Phi) is 3.56. The van der Waals surface area contributed by atoms with Crippen molar-refractivity contribution in [2.75, 3.05) is 13.6 Å². The minimum absolute atomic E-state index is 0.0405. The monoisotopic (exact) mass is 298 g/mol. The second-order valence-electron chi connectivity index (χ2n) is 4.82. The molecule has 0 saturated carbocycles. The van der Waals surface area contributed by atoms with E-state index in [-0.39, 0.29) is 12.2 Å². The first-order valence-electron chi connectivity index (χ1n) is 6.71. The van der Waals surface area contributed by atoms with Gasteiger partial charge in [-0.05, 0) is 13.1 Å². The number of para-hydroxylation sites is 1. The fourth-order valence-corrected chi connectivity index (χ4v) is 2.34. The zero-order valence-corrected chi connectivity index (χ0v) is 12.2. The zero-order chi connectivity index (χ0) is 15.7. The molecule has 3 aromatic rings. The van der Waals surface area contributed by atoms with Gasteiger partial charge < -0.3 is 14.6 Å². The van der Waals surface area contributed by atoms with Gasteiger partial charge in [0.25, 0.3) is 0 Å². The molecule has 0 radical (unpaired) electrons. The lowest BCUT2D eigenvalue weighted by atomic mass is 10.1. The number of aromatic nitrogens is 3. The normalized spacial score (nSPS) is 11.0. The summed E-state index contributed by atoms with van der Waals surface area (Å²) in [7, 11) is 3.43. The van der Waals surface area contributed by atoms with E-state index in [0.717, 1.165) is 10.9 Å². The van der Waals surface area contributed by atoms with E-state index in [1.807, 2.05) is 29.8 Å². The number of nitrogens with one attached hydrogen (secondary N) is 1. The molecule has 2 aromatic heterocycles. The number of ether oxygens (including phenoxy) is 1. The van der Waals surface area contributed by atoms with Crippen molar-refractivity contribution >= 4 is 33.9 Å². The molecule has 2 heterocycles. The number of hydrogen-bond acceptors (Lipinski definition) is 6. The maximum Gasteiger partial charge on any atom is 0.366 e. The highest BCUT2D eigenvalue weighted by atomic mass is 16.6. The molecule has 1 N–H and O–H groups in total. The van der Waals surface area contributed by atoms with Crippen molar-refractivity contribution in [3.05, 3.63) is 36.3 Å². The SMILES string of the molecule is CNCC(=O)OC(=O)c1nc2ccccc2c2c1ncn2C. The molecule has 22 heavy (non-hydrogen) atoms. The van der Waals surface area contributed by atoms with Gasteiger partial charge in [-0.25, -0.2) is 14.8 Å². The number of esters is 2. The third kappa shape index (κ3) is 2.31. The van der Waals surface area contributed by atoms with Crippen LogP contribution in [-0.4, -0.2) is 40.1 Å². The summed E-state index contributed by atoms with van der Waals surface area (Å²) in [6.45, 7) is -0.0509. The first-order chi connectivity index (χ1) is 10.6. The molecule has 112 valence electrons. The smallest absolute Gasteiger partial charge is 0.366 e. The predicted octanol–water partition coefficient (Wildman–Crippen LogP) is 1.02. The van der Waals surface area contributed by atoms with Crippen LogP contribution in [0.1, 0.15) is 10.5 Å². The zero-order valence-electron chi connectivity index (χ0n) is 12.2. The molecule has 0 fully saturated rings. The van der Waals surface area contributed by atoms with E-state index < -0.39 is 11.9 Å². The van der Waals surface area contributed by atoms with E-state index in [1.54, 1.807) is 19.4 Å². The minimum atomic E-state index is -0.797. The molecule has 0 atom stereocenters. The number of pyridine rings is 1. The van der Waals surface area contributed by atoms with Gasteiger partial charge in [0, 0.05) is 12.4 Å². The van der Waals surface area contributed by atoms with Gasteiger partial charge in [0.1, 0.15) is 5.52 Å². The number of aryl methyl sites for hydroxylation is 1. The van der Waals surface area contributed by atoms with E-state index in [1.165, 1.54) is 0 Å². The quantitative estimate of drug-likeness (QED) is 0.574. The third-order valence-corrected chi connectivity index (χ3v) is 3.27. The van der Waals surface area contributed by atoms with Crippen LogP contribution < -0.4 is 5.32 Å². The van der Waals surface area contributed by atoms with Crippen LogP contribution in [0.15, 0.2) is 30.6 Å². The van der Waals surface area contributed by atoms with E-state index in [2.05, 4.69) is 15.3 Å². The van der Waals surface area contributed by atoms with Gasteiger partial charge >= 0.3 is 11.9 Å². The molecule has 3 rings (SSSR count). The second kappa shape index (κ2) is 5.53. The summed E-state index contributed by atoms with van der Waals surface area (Å²) in [5.41, 5.74) is 1.88. The number of benzene rings is 1. The Morgan fingerprint density at radius 3 is 2.86 bits per heavy atom. The molecular formula is C15H14N4O3. The van der Waals surface area contributed by atoms with Crippen LogP contribution in [0.5, 0.6) is 0 Å².